The van der Waals surface area contributed by atoms with Gasteiger partial charge in [-0.3, -0.25) is 9.97 Å². The Morgan fingerprint density at radius 1 is 1.29 bits per heavy atom. The van der Waals surface area contributed by atoms with Crippen molar-refractivity contribution in [2.24, 2.45) is 0 Å². The standard InChI is InChI=1S/C11H15N3/c1-9-7-13-11(8-12-9)10-3-5-14(2)6-4-10/h3,7-8H,4-6H2,1-2H3. The highest BCUT2D eigenvalue weighted by atomic mass is 15.1. The average molecular weight is 189 g/mol. The summed E-state index contributed by atoms with van der Waals surface area (Å²) in [5.41, 5.74) is 3.33. The minimum Gasteiger partial charge on any atom is -0.302 e. The molecule has 3 heteroatoms. The summed E-state index contributed by atoms with van der Waals surface area (Å²) in [5, 5.41) is 0. The van der Waals surface area contributed by atoms with Crippen molar-refractivity contribution in [1.82, 2.24) is 14.9 Å². The SMILES string of the molecule is Cc1cnc(C2=CCN(C)CC2)cn1. The Bertz CT molecular complexity index is 340. The maximum Gasteiger partial charge on any atom is 0.0842 e. The van der Waals surface area contributed by atoms with E-state index in [9.17, 15) is 0 Å². The van der Waals surface area contributed by atoms with Gasteiger partial charge in [0, 0.05) is 19.3 Å². The van der Waals surface area contributed by atoms with Gasteiger partial charge in [-0.1, -0.05) is 6.08 Å². The third-order valence-electron chi connectivity index (χ3n) is 2.52. The second kappa shape index (κ2) is 3.88. The summed E-state index contributed by atoms with van der Waals surface area (Å²) < 4.78 is 0. The van der Waals surface area contributed by atoms with Crippen LogP contribution < -0.4 is 0 Å². The highest BCUT2D eigenvalue weighted by Gasteiger charge is 2.10. The quantitative estimate of drug-likeness (QED) is 0.670. The molecule has 14 heavy (non-hydrogen) atoms. The second-order valence-electron chi connectivity index (χ2n) is 3.78. The van der Waals surface area contributed by atoms with E-state index in [0.29, 0.717) is 0 Å². The second-order valence-corrected chi connectivity index (χ2v) is 3.78. The summed E-state index contributed by atoms with van der Waals surface area (Å²) in [5.74, 6) is 0. The lowest BCUT2D eigenvalue weighted by Crippen LogP contribution is -2.23. The number of likely N-dealkylation sites (N-methyl/N-ethyl adjacent to an activating group) is 1. The van der Waals surface area contributed by atoms with Crippen LogP contribution in [0.3, 0.4) is 0 Å². The fraction of sp³-hybridized carbons (Fsp3) is 0.455. The number of nitrogens with zero attached hydrogens (tertiary/aromatic N) is 3. The predicted molar refractivity (Wildman–Crippen MR) is 56.9 cm³/mol. The molecule has 0 fully saturated rings. The summed E-state index contributed by atoms with van der Waals surface area (Å²) in [6, 6.07) is 0. The Hall–Kier alpha value is -1.22. The molecule has 0 saturated carbocycles. The van der Waals surface area contributed by atoms with Crippen LogP contribution in [0.25, 0.3) is 5.57 Å². The molecular weight excluding hydrogens is 174 g/mol. The smallest absolute Gasteiger partial charge is 0.0842 e. The van der Waals surface area contributed by atoms with E-state index in [4.69, 9.17) is 0 Å². The molecule has 0 saturated heterocycles. The molecule has 1 aromatic heterocycles. The molecule has 0 atom stereocenters. The third-order valence-corrected chi connectivity index (χ3v) is 2.52. The van der Waals surface area contributed by atoms with Crippen molar-refractivity contribution in [2.75, 3.05) is 20.1 Å². The third kappa shape index (κ3) is 1.99. The van der Waals surface area contributed by atoms with Crippen LogP contribution in [0, 0.1) is 6.92 Å². The van der Waals surface area contributed by atoms with Crippen molar-refractivity contribution < 1.29 is 0 Å². The first kappa shape index (κ1) is 9.34. The Balaban J connectivity index is 2.19. The zero-order valence-corrected chi connectivity index (χ0v) is 8.70. The van der Waals surface area contributed by atoms with Crippen LogP contribution in [-0.2, 0) is 0 Å². The van der Waals surface area contributed by atoms with Crippen molar-refractivity contribution in [2.45, 2.75) is 13.3 Å². The van der Waals surface area contributed by atoms with E-state index in [2.05, 4.69) is 28.0 Å². The molecule has 2 heterocycles. The van der Waals surface area contributed by atoms with E-state index in [1.807, 2.05) is 19.3 Å². The van der Waals surface area contributed by atoms with Crippen LogP contribution in [0.5, 0.6) is 0 Å². The molecule has 0 amide bonds. The van der Waals surface area contributed by atoms with Gasteiger partial charge in [0.1, 0.15) is 0 Å². The molecular formula is C11H15N3. The van der Waals surface area contributed by atoms with Gasteiger partial charge in [0.15, 0.2) is 0 Å². The lowest BCUT2D eigenvalue weighted by Gasteiger charge is -2.21. The van der Waals surface area contributed by atoms with Gasteiger partial charge in [-0.05, 0) is 26.0 Å². The van der Waals surface area contributed by atoms with Crippen LogP contribution in [0.2, 0.25) is 0 Å². The lowest BCUT2D eigenvalue weighted by molar-refractivity contribution is 0.369. The Kier molecular flexibility index (Phi) is 2.59. The molecule has 0 unspecified atom stereocenters. The van der Waals surface area contributed by atoms with Crippen LogP contribution >= 0.6 is 0 Å². The van der Waals surface area contributed by atoms with E-state index >= 15 is 0 Å². The minimum atomic E-state index is 0.974. The molecule has 0 bridgehead atoms. The van der Waals surface area contributed by atoms with Crippen LogP contribution in [0.1, 0.15) is 17.8 Å². The largest absolute Gasteiger partial charge is 0.302 e. The fourth-order valence-electron chi connectivity index (χ4n) is 1.56. The average Bonchev–Trinajstić information content (AvgIpc) is 2.21. The van der Waals surface area contributed by atoms with E-state index in [1.54, 1.807) is 0 Å². The summed E-state index contributed by atoms with van der Waals surface area (Å²) in [7, 11) is 2.13. The van der Waals surface area contributed by atoms with Crippen LogP contribution in [0.4, 0.5) is 0 Å². The van der Waals surface area contributed by atoms with E-state index in [1.165, 1.54) is 5.57 Å². The molecule has 3 nitrogen and oxygen atoms in total. The Labute approximate surface area is 84.5 Å². The van der Waals surface area contributed by atoms with Crippen molar-refractivity contribution >= 4 is 5.57 Å². The van der Waals surface area contributed by atoms with Crippen LogP contribution in [0.15, 0.2) is 18.5 Å². The highest BCUT2D eigenvalue weighted by molar-refractivity contribution is 5.62. The zero-order valence-electron chi connectivity index (χ0n) is 8.70. The molecule has 0 aliphatic carbocycles. The fourth-order valence-corrected chi connectivity index (χ4v) is 1.56. The molecule has 1 aromatic rings. The molecule has 0 spiro atoms. The number of aryl methyl sites for hydroxylation is 1. The van der Waals surface area contributed by atoms with Crippen molar-refractivity contribution in [3.63, 3.8) is 0 Å². The zero-order chi connectivity index (χ0) is 9.97. The Morgan fingerprint density at radius 3 is 2.71 bits per heavy atom. The van der Waals surface area contributed by atoms with Gasteiger partial charge in [-0.15, -0.1) is 0 Å². The van der Waals surface area contributed by atoms with Crippen molar-refractivity contribution in [3.05, 3.63) is 29.9 Å². The van der Waals surface area contributed by atoms with Gasteiger partial charge in [0.25, 0.3) is 0 Å². The Morgan fingerprint density at radius 2 is 2.14 bits per heavy atom. The normalized spacial score (nSPS) is 18.0. The number of rotatable bonds is 1. The number of hydrogen-bond donors (Lipinski definition) is 0. The first-order valence-electron chi connectivity index (χ1n) is 4.92. The van der Waals surface area contributed by atoms with Gasteiger partial charge in [-0.2, -0.15) is 0 Å². The number of aromatic nitrogens is 2. The maximum absolute atomic E-state index is 4.38. The first-order chi connectivity index (χ1) is 6.75. The number of hydrogen-bond acceptors (Lipinski definition) is 3. The maximum atomic E-state index is 4.38. The van der Waals surface area contributed by atoms with E-state index in [-0.39, 0.29) is 0 Å². The van der Waals surface area contributed by atoms with E-state index < -0.39 is 0 Å². The minimum absolute atomic E-state index is 0.974. The lowest BCUT2D eigenvalue weighted by atomic mass is 10.1. The topological polar surface area (TPSA) is 29.0 Å². The molecule has 1 aliphatic heterocycles. The summed E-state index contributed by atoms with van der Waals surface area (Å²) in [6.45, 7) is 4.09. The van der Waals surface area contributed by atoms with E-state index in [0.717, 1.165) is 30.9 Å². The summed E-state index contributed by atoms with van der Waals surface area (Å²) in [6.07, 6.45) is 7.01. The monoisotopic (exact) mass is 189 g/mol. The van der Waals surface area contributed by atoms with Gasteiger partial charge in [-0.25, -0.2) is 0 Å². The molecule has 1 aliphatic rings. The molecule has 0 N–H and O–H groups in total. The van der Waals surface area contributed by atoms with Crippen LogP contribution in [-0.4, -0.2) is 35.0 Å². The molecule has 0 radical (unpaired) electrons. The van der Waals surface area contributed by atoms with Gasteiger partial charge in [0.2, 0.25) is 0 Å². The van der Waals surface area contributed by atoms with Crippen molar-refractivity contribution in [3.8, 4) is 0 Å². The van der Waals surface area contributed by atoms with Crippen molar-refractivity contribution in [1.29, 1.82) is 0 Å². The molecule has 74 valence electrons. The molecule has 2 rings (SSSR count). The van der Waals surface area contributed by atoms with Gasteiger partial charge in [0.05, 0.1) is 17.6 Å². The van der Waals surface area contributed by atoms with Gasteiger partial charge < -0.3 is 4.90 Å². The molecule has 0 aromatic carbocycles. The predicted octanol–water partition coefficient (Wildman–Crippen LogP) is 1.50. The summed E-state index contributed by atoms with van der Waals surface area (Å²) in [4.78, 5) is 10.9. The van der Waals surface area contributed by atoms with Gasteiger partial charge >= 0.3 is 0 Å². The first-order valence-corrected chi connectivity index (χ1v) is 4.92. The highest BCUT2D eigenvalue weighted by Crippen LogP contribution is 2.18. The summed E-state index contributed by atoms with van der Waals surface area (Å²) >= 11 is 0.